The zero-order chi connectivity index (χ0) is 18.7. The molecule has 1 aliphatic rings. The standard InChI is InChI=1S/C19H20FNO4S/c1-2-26(23,24)25-18-8-3-5-14(11-18)13-21(17-9-10-17)19(22)15-6-4-7-16(20)12-15/h3-8,11-12,17H,2,9-10,13H2,1H3. The molecule has 0 heterocycles. The maximum atomic E-state index is 13.4. The van der Waals surface area contributed by atoms with E-state index in [4.69, 9.17) is 4.18 Å². The lowest BCUT2D eigenvalue weighted by Gasteiger charge is -2.23. The third-order valence-electron chi connectivity index (χ3n) is 4.15. The molecule has 3 rings (SSSR count). The summed E-state index contributed by atoms with van der Waals surface area (Å²) in [5.41, 5.74) is 1.06. The largest absolute Gasteiger partial charge is 0.382 e. The van der Waals surface area contributed by atoms with Crippen molar-refractivity contribution in [1.82, 2.24) is 4.90 Å². The number of carbonyl (C=O) groups excluding carboxylic acids is 1. The van der Waals surface area contributed by atoms with Crippen molar-refractivity contribution in [2.45, 2.75) is 32.4 Å². The summed E-state index contributed by atoms with van der Waals surface area (Å²) in [6.07, 6.45) is 1.81. The topological polar surface area (TPSA) is 63.7 Å². The first kappa shape index (κ1) is 18.4. The molecule has 5 nitrogen and oxygen atoms in total. The Morgan fingerprint density at radius 3 is 2.58 bits per heavy atom. The SMILES string of the molecule is CCS(=O)(=O)Oc1cccc(CN(C(=O)c2cccc(F)c2)C2CC2)c1. The lowest BCUT2D eigenvalue weighted by Crippen LogP contribution is -2.32. The van der Waals surface area contributed by atoms with Gasteiger partial charge in [0, 0.05) is 18.2 Å². The Morgan fingerprint density at radius 2 is 1.92 bits per heavy atom. The molecule has 0 N–H and O–H groups in total. The highest BCUT2D eigenvalue weighted by molar-refractivity contribution is 7.87. The Hall–Kier alpha value is -2.41. The second kappa shape index (κ2) is 7.45. The van der Waals surface area contributed by atoms with Crippen LogP contribution in [0.25, 0.3) is 0 Å². The third-order valence-corrected chi connectivity index (χ3v) is 5.30. The van der Waals surface area contributed by atoms with Gasteiger partial charge in [0.05, 0.1) is 5.75 Å². The van der Waals surface area contributed by atoms with Crippen LogP contribution in [0.4, 0.5) is 4.39 Å². The van der Waals surface area contributed by atoms with Crippen LogP contribution in [0.5, 0.6) is 5.75 Å². The molecule has 2 aromatic rings. The maximum Gasteiger partial charge on any atom is 0.308 e. The Labute approximate surface area is 152 Å². The van der Waals surface area contributed by atoms with E-state index in [1.165, 1.54) is 25.1 Å². The molecule has 0 aromatic heterocycles. The van der Waals surface area contributed by atoms with E-state index in [9.17, 15) is 17.6 Å². The van der Waals surface area contributed by atoms with Crippen molar-refractivity contribution in [2.75, 3.05) is 5.75 Å². The smallest absolute Gasteiger partial charge is 0.308 e. The van der Waals surface area contributed by atoms with Crippen LogP contribution in [0, 0.1) is 5.82 Å². The average Bonchev–Trinajstić information content (AvgIpc) is 3.44. The highest BCUT2D eigenvalue weighted by atomic mass is 32.2. The van der Waals surface area contributed by atoms with Crippen LogP contribution in [-0.2, 0) is 16.7 Å². The Kier molecular flexibility index (Phi) is 5.27. The quantitative estimate of drug-likeness (QED) is 0.694. The second-order valence-electron chi connectivity index (χ2n) is 6.25. The lowest BCUT2D eigenvalue weighted by molar-refractivity contribution is 0.0729. The maximum absolute atomic E-state index is 13.4. The van der Waals surface area contributed by atoms with Crippen LogP contribution in [0.1, 0.15) is 35.7 Å². The molecule has 1 aliphatic carbocycles. The van der Waals surface area contributed by atoms with E-state index in [2.05, 4.69) is 0 Å². The second-order valence-corrected chi connectivity index (χ2v) is 8.11. The Morgan fingerprint density at radius 1 is 1.19 bits per heavy atom. The molecule has 138 valence electrons. The van der Waals surface area contributed by atoms with E-state index in [1.54, 1.807) is 35.2 Å². The van der Waals surface area contributed by atoms with E-state index in [1.807, 2.05) is 0 Å². The van der Waals surface area contributed by atoms with Gasteiger partial charge in [-0.25, -0.2) is 4.39 Å². The summed E-state index contributed by atoms with van der Waals surface area (Å²) in [6, 6.07) is 12.4. The van der Waals surface area contributed by atoms with E-state index in [-0.39, 0.29) is 23.5 Å². The van der Waals surface area contributed by atoms with Gasteiger partial charge in [-0.1, -0.05) is 18.2 Å². The van der Waals surface area contributed by atoms with Gasteiger partial charge in [0.15, 0.2) is 0 Å². The van der Waals surface area contributed by atoms with Gasteiger partial charge in [0.2, 0.25) is 0 Å². The summed E-state index contributed by atoms with van der Waals surface area (Å²) in [4.78, 5) is 14.5. The van der Waals surface area contributed by atoms with Crippen molar-refractivity contribution < 1.29 is 21.8 Å². The number of amides is 1. The van der Waals surface area contributed by atoms with E-state index >= 15 is 0 Å². The molecule has 0 saturated heterocycles. The number of hydrogen-bond acceptors (Lipinski definition) is 4. The molecular formula is C19H20FNO4S. The first-order chi connectivity index (χ1) is 12.4. The highest BCUT2D eigenvalue weighted by Crippen LogP contribution is 2.30. The lowest BCUT2D eigenvalue weighted by atomic mass is 10.1. The number of rotatable bonds is 7. The minimum Gasteiger partial charge on any atom is -0.382 e. The fourth-order valence-electron chi connectivity index (χ4n) is 2.64. The predicted octanol–water partition coefficient (Wildman–Crippen LogP) is 3.36. The van der Waals surface area contributed by atoms with Crippen LogP contribution < -0.4 is 4.18 Å². The molecule has 0 bridgehead atoms. The van der Waals surface area contributed by atoms with Gasteiger partial charge in [-0.05, 0) is 55.7 Å². The molecule has 0 aliphatic heterocycles. The van der Waals surface area contributed by atoms with E-state index < -0.39 is 15.9 Å². The third kappa shape index (κ3) is 4.60. The van der Waals surface area contributed by atoms with Gasteiger partial charge in [-0.15, -0.1) is 0 Å². The van der Waals surface area contributed by atoms with Crippen LogP contribution >= 0.6 is 0 Å². The minimum absolute atomic E-state index is 0.120. The molecule has 1 saturated carbocycles. The summed E-state index contributed by atoms with van der Waals surface area (Å²) in [6.45, 7) is 1.81. The summed E-state index contributed by atoms with van der Waals surface area (Å²) >= 11 is 0. The van der Waals surface area contributed by atoms with Crippen LogP contribution in [-0.4, -0.2) is 31.0 Å². The highest BCUT2D eigenvalue weighted by Gasteiger charge is 2.33. The fraction of sp³-hybridized carbons (Fsp3) is 0.316. The van der Waals surface area contributed by atoms with Gasteiger partial charge in [0.25, 0.3) is 5.91 Å². The zero-order valence-electron chi connectivity index (χ0n) is 14.4. The van der Waals surface area contributed by atoms with Crippen molar-refractivity contribution in [2.24, 2.45) is 0 Å². The van der Waals surface area contributed by atoms with Crippen LogP contribution in [0.15, 0.2) is 48.5 Å². The van der Waals surface area contributed by atoms with E-state index in [0.29, 0.717) is 12.1 Å². The van der Waals surface area contributed by atoms with E-state index in [0.717, 1.165) is 18.4 Å². The Balaban J connectivity index is 1.80. The van der Waals surface area contributed by atoms with Crippen molar-refractivity contribution in [3.63, 3.8) is 0 Å². The molecule has 7 heteroatoms. The van der Waals surface area contributed by atoms with Gasteiger partial charge in [0.1, 0.15) is 11.6 Å². The summed E-state index contributed by atoms with van der Waals surface area (Å²) < 4.78 is 41.7. The average molecular weight is 377 g/mol. The van der Waals surface area contributed by atoms with Gasteiger partial charge < -0.3 is 9.08 Å². The molecule has 0 radical (unpaired) electrons. The number of benzene rings is 2. The molecule has 0 atom stereocenters. The Bertz CT molecular complexity index is 909. The predicted molar refractivity (Wildman–Crippen MR) is 95.8 cm³/mol. The molecule has 26 heavy (non-hydrogen) atoms. The van der Waals surface area contributed by atoms with Crippen molar-refractivity contribution in [3.8, 4) is 5.75 Å². The van der Waals surface area contributed by atoms with Crippen molar-refractivity contribution in [1.29, 1.82) is 0 Å². The first-order valence-corrected chi connectivity index (χ1v) is 10.0. The number of halogens is 1. The van der Waals surface area contributed by atoms with Crippen molar-refractivity contribution in [3.05, 3.63) is 65.5 Å². The van der Waals surface area contributed by atoms with Crippen LogP contribution in [0.3, 0.4) is 0 Å². The monoisotopic (exact) mass is 377 g/mol. The normalized spacial score (nSPS) is 14.1. The van der Waals surface area contributed by atoms with Crippen molar-refractivity contribution >= 4 is 16.0 Å². The molecule has 1 fully saturated rings. The number of nitrogens with zero attached hydrogens (tertiary/aromatic N) is 1. The summed E-state index contributed by atoms with van der Waals surface area (Å²) in [7, 11) is -3.61. The summed E-state index contributed by atoms with van der Waals surface area (Å²) in [5.74, 6) is -0.590. The molecule has 2 aromatic carbocycles. The minimum atomic E-state index is -3.61. The molecule has 0 spiro atoms. The van der Waals surface area contributed by atoms with Gasteiger partial charge in [-0.3, -0.25) is 4.79 Å². The molecule has 0 unspecified atom stereocenters. The fourth-order valence-corrected chi connectivity index (χ4v) is 3.15. The molecular weight excluding hydrogens is 357 g/mol. The first-order valence-electron chi connectivity index (χ1n) is 8.45. The molecule has 1 amide bonds. The zero-order valence-corrected chi connectivity index (χ0v) is 15.2. The number of carbonyl (C=O) groups is 1. The van der Waals surface area contributed by atoms with Crippen LogP contribution in [0.2, 0.25) is 0 Å². The van der Waals surface area contributed by atoms with Gasteiger partial charge in [-0.2, -0.15) is 8.42 Å². The van der Waals surface area contributed by atoms with Gasteiger partial charge >= 0.3 is 10.1 Å². The summed E-state index contributed by atoms with van der Waals surface area (Å²) in [5, 5.41) is 0. The number of hydrogen-bond donors (Lipinski definition) is 0.